The van der Waals surface area contributed by atoms with Crippen LogP contribution in [0.5, 0.6) is 5.75 Å². The summed E-state index contributed by atoms with van der Waals surface area (Å²) in [5.74, 6) is 0.812. The third kappa shape index (κ3) is 3.56. The number of fused-ring (bicyclic) bond motifs is 1. The van der Waals surface area contributed by atoms with Crippen LogP contribution in [0.4, 0.5) is 0 Å². The monoisotopic (exact) mass is 368 g/mol. The summed E-state index contributed by atoms with van der Waals surface area (Å²) in [4.78, 5) is 15.5. The van der Waals surface area contributed by atoms with Gasteiger partial charge >= 0.3 is 0 Å². The first-order valence-corrected chi connectivity index (χ1v) is 9.26. The lowest BCUT2D eigenvalue weighted by Crippen LogP contribution is -2.32. The van der Waals surface area contributed by atoms with Crippen LogP contribution in [0.1, 0.15) is 24.8 Å². The fraction of sp³-hybridized carbons (Fsp3) is 0.286. The molecule has 2 N–H and O–H groups in total. The van der Waals surface area contributed by atoms with Crippen LogP contribution in [-0.2, 0) is 10.2 Å². The molecule has 0 spiro atoms. The number of para-hydroxylation sites is 1. The number of H-pyrrole nitrogens is 1. The molecule has 1 heterocycles. The summed E-state index contributed by atoms with van der Waals surface area (Å²) in [5, 5.41) is 4.99. The van der Waals surface area contributed by atoms with E-state index < -0.39 is 0 Å². The first-order valence-electron chi connectivity index (χ1n) is 8.88. The molecule has 1 aliphatic carbocycles. The number of carbonyl (C=O) groups is 1. The molecular weight excluding hydrogens is 348 g/mol. The first kappa shape index (κ1) is 17.0. The normalized spacial score (nSPS) is 15.0. The number of hydrogen-bond donors (Lipinski definition) is 2. The number of amides is 1. The van der Waals surface area contributed by atoms with Crippen LogP contribution in [0.3, 0.4) is 0 Å². The highest BCUT2D eigenvalue weighted by Crippen LogP contribution is 2.50. The van der Waals surface area contributed by atoms with E-state index in [9.17, 15) is 4.79 Å². The molecule has 1 amide bonds. The van der Waals surface area contributed by atoms with Gasteiger partial charge in [0, 0.05) is 34.1 Å². The van der Waals surface area contributed by atoms with E-state index in [-0.39, 0.29) is 11.3 Å². The maximum absolute atomic E-state index is 12.2. The number of hydrogen-bond acceptors (Lipinski definition) is 2. The summed E-state index contributed by atoms with van der Waals surface area (Å²) >= 11 is 6.06. The molecule has 4 rings (SSSR count). The second kappa shape index (κ2) is 7.04. The van der Waals surface area contributed by atoms with Crippen molar-refractivity contribution in [2.75, 3.05) is 13.2 Å². The van der Waals surface area contributed by atoms with Gasteiger partial charge < -0.3 is 15.0 Å². The molecule has 4 nitrogen and oxygen atoms in total. The van der Waals surface area contributed by atoms with E-state index in [1.54, 1.807) is 0 Å². The van der Waals surface area contributed by atoms with Crippen molar-refractivity contribution in [2.45, 2.75) is 24.7 Å². The highest BCUT2D eigenvalue weighted by Gasteiger charge is 2.45. The van der Waals surface area contributed by atoms with Gasteiger partial charge in [0.1, 0.15) is 5.75 Å². The SMILES string of the molecule is O=C(CCOc1ccccc1)NCC1(c2c[nH]c3cc(Cl)ccc23)CC1. The van der Waals surface area contributed by atoms with Crippen LogP contribution in [0.2, 0.25) is 5.02 Å². The molecule has 0 unspecified atom stereocenters. The molecule has 1 aliphatic rings. The van der Waals surface area contributed by atoms with E-state index in [1.807, 2.05) is 42.5 Å². The van der Waals surface area contributed by atoms with E-state index in [0.717, 1.165) is 29.1 Å². The minimum absolute atomic E-state index is 0.0232. The molecule has 0 saturated heterocycles. The Hall–Kier alpha value is -2.46. The van der Waals surface area contributed by atoms with E-state index in [1.165, 1.54) is 10.9 Å². The van der Waals surface area contributed by atoms with Crippen LogP contribution in [0.15, 0.2) is 54.7 Å². The number of aromatic amines is 1. The Labute approximate surface area is 157 Å². The topological polar surface area (TPSA) is 54.1 Å². The third-order valence-corrected chi connectivity index (χ3v) is 5.27. The summed E-state index contributed by atoms with van der Waals surface area (Å²) in [6.07, 6.45) is 4.58. The van der Waals surface area contributed by atoms with Crippen molar-refractivity contribution in [3.8, 4) is 5.75 Å². The molecule has 0 bridgehead atoms. The molecule has 0 aliphatic heterocycles. The Bertz CT molecular complexity index is 916. The van der Waals surface area contributed by atoms with Gasteiger partial charge in [-0.25, -0.2) is 0 Å². The molecule has 1 saturated carbocycles. The Morgan fingerprint density at radius 3 is 2.77 bits per heavy atom. The van der Waals surface area contributed by atoms with Crippen LogP contribution in [0.25, 0.3) is 10.9 Å². The highest BCUT2D eigenvalue weighted by molar-refractivity contribution is 6.31. The third-order valence-electron chi connectivity index (χ3n) is 5.03. The van der Waals surface area contributed by atoms with Crippen molar-refractivity contribution in [3.05, 3.63) is 65.3 Å². The number of halogens is 1. The Balaban J connectivity index is 1.33. The van der Waals surface area contributed by atoms with Gasteiger partial charge in [0.15, 0.2) is 0 Å². The fourth-order valence-corrected chi connectivity index (χ4v) is 3.54. The summed E-state index contributed by atoms with van der Waals surface area (Å²) in [7, 11) is 0. The lowest BCUT2D eigenvalue weighted by molar-refractivity contribution is -0.121. The zero-order valence-corrected chi connectivity index (χ0v) is 15.2. The van der Waals surface area contributed by atoms with Crippen molar-refractivity contribution in [2.24, 2.45) is 0 Å². The fourth-order valence-electron chi connectivity index (χ4n) is 3.36. The van der Waals surface area contributed by atoms with Gasteiger partial charge in [-0.3, -0.25) is 4.79 Å². The average molecular weight is 369 g/mol. The van der Waals surface area contributed by atoms with Crippen molar-refractivity contribution >= 4 is 28.4 Å². The highest BCUT2D eigenvalue weighted by atomic mass is 35.5. The largest absolute Gasteiger partial charge is 0.493 e. The van der Waals surface area contributed by atoms with Gasteiger partial charge in [-0.1, -0.05) is 35.9 Å². The molecule has 1 aromatic heterocycles. The van der Waals surface area contributed by atoms with Gasteiger partial charge in [-0.2, -0.15) is 0 Å². The van der Waals surface area contributed by atoms with Gasteiger partial charge in [-0.05, 0) is 42.7 Å². The molecular formula is C21H21ClN2O2. The van der Waals surface area contributed by atoms with E-state index in [2.05, 4.69) is 22.6 Å². The number of ether oxygens (including phenoxy) is 1. The zero-order valence-electron chi connectivity index (χ0n) is 14.4. The minimum atomic E-state index is 0.0232. The second-order valence-corrected chi connectivity index (χ2v) is 7.30. The predicted octanol–water partition coefficient (Wildman–Crippen LogP) is 4.44. The molecule has 2 aromatic carbocycles. The van der Waals surface area contributed by atoms with E-state index in [4.69, 9.17) is 16.3 Å². The molecule has 26 heavy (non-hydrogen) atoms. The smallest absolute Gasteiger partial charge is 0.223 e. The molecule has 134 valence electrons. The summed E-state index contributed by atoms with van der Waals surface area (Å²) in [6, 6.07) is 15.5. The number of rotatable bonds is 7. The van der Waals surface area contributed by atoms with Crippen molar-refractivity contribution < 1.29 is 9.53 Å². The Morgan fingerprint density at radius 1 is 1.19 bits per heavy atom. The predicted molar refractivity (Wildman–Crippen MR) is 104 cm³/mol. The maximum atomic E-state index is 12.2. The van der Waals surface area contributed by atoms with Crippen molar-refractivity contribution in [3.63, 3.8) is 0 Å². The summed E-state index contributed by atoms with van der Waals surface area (Å²) in [5.41, 5.74) is 2.36. The molecule has 0 radical (unpaired) electrons. The van der Waals surface area contributed by atoms with Crippen LogP contribution in [-0.4, -0.2) is 24.0 Å². The molecule has 0 atom stereocenters. The van der Waals surface area contributed by atoms with Crippen molar-refractivity contribution in [1.29, 1.82) is 0 Å². The molecule has 3 aromatic rings. The van der Waals surface area contributed by atoms with Gasteiger partial charge in [0.05, 0.1) is 13.0 Å². The Kier molecular flexibility index (Phi) is 4.60. The van der Waals surface area contributed by atoms with Gasteiger partial charge in [-0.15, -0.1) is 0 Å². The number of nitrogens with one attached hydrogen (secondary N) is 2. The number of benzene rings is 2. The Morgan fingerprint density at radius 2 is 2.00 bits per heavy atom. The number of aromatic nitrogens is 1. The first-order chi connectivity index (χ1) is 12.7. The van der Waals surface area contributed by atoms with E-state index in [0.29, 0.717) is 19.6 Å². The zero-order chi connectivity index (χ0) is 18.0. The lowest BCUT2D eigenvalue weighted by atomic mass is 9.95. The number of carbonyl (C=O) groups excluding carboxylic acids is 1. The molecule has 5 heteroatoms. The quantitative estimate of drug-likeness (QED) is 0.647. The maximum Gasteiger partial charge on any atom is 0.223 e. The summed E-state index contributed by atoms with van der Waals surface area (Å²) < 4.78 is 5.59. The lowest BCUT2D eigenvalue weighted by Gasteiger charge is -2.16. The van der Waals surface area contributed by atoms with Crippen LogP contribution in [0, 0.1) is 0 Å². The van der Waals surface area contributed by atoms with Crippen LogP contribution >= 0.6 is 11.6 Å². The van der Waals surface area contributed by atoms with E-state index >= 15 is 0 Å². The minimum Gasteiger partial charge on any atom is -0.493 e. The van der Waals surface area contributed by atoms with Crippen molar-refractivity contribution in [1.82, 2.24) is 10.3 Å². The molecule has 1 fully saturated rings. The second-order valence-electron chi connectivity index (χ2n) is 6.86. The van der Waals surface area contributed by atoms with Gasteiger partial charge in [0.25, 0.3) is 0 Å². The average Bonchev–Trinajstić information content (AvgIpc) is 3.32. The van der Waals surface area contributed by atoms with Crippen LogP contribution < -0.4 is 10.1 Å². The van der Waals surface area contributed by atoms with Gasteiger partial charge in [0.2, 0.25) is 5.91 Å². The summed E-state index contributed by atoms with van der Waals surface area (Å²) in [6.45, 7) is 1.04. The standard InChI is InChI=1S/C21H21ClN2O2/c22-15-6-7-17-18(13-23-19(17)12-15)21(9-10-21)14-24-20(25)8-11-26-16-4-2-1-3-5-16/h1-7,12-13,23H,8-11,14H2,(H,24,25).